The van der Waals surface area contributed by atoms with Crippen LogP contribution in [0.1, 0.15) is 32.3 Å². The van der Waals surface area contributed by atoms with Crippen molar-refractivity contribution in [3.63, 3.8) is 0 Å². The van der Waals surface area contributed by atoms with Crippen LogP contribution in [0.15, 0.2) is 25.0 Å². The highest BCUT2D eigenvalue weighted by molar-refractivity contribution is 5.58. The van der Waals surface area contributed by atoms with Crippen LogP contribution in [-0.2, 0) is 6.54 Å². The lowest BCUT2D eigenvalue weighted by Crippen LogP contribution is -2.14. The van der Waals surface area contributed by atoms with Crippen LogP contribution in [0, 0.1) is 0 Å². The Kier molecular flexibility index (Phi) is 4.92. The lowest BCUT2D eigenvalue weighted by atomic mass is 10.0. The van der Waals surface area contributed by atoms with Gasteiger partial charge in [-0.05, 0) is 12.8 Å². The predicted octanol–water partition coefficient (Wildman–Crippen LogP) is 2.34. The molecule has 2 heterocycles. The highest BCUT2D eigenvalue weighted by Crippen LogP contribution is 2.27. The Morgan fingerprint density at radius 1 is 1.20 bits per heavy atom. The summed E-state index contributed by atoms with van der Waals surface area (Å²) in [5.41, 5.74) is 1.14. The van der Waals surface area contributed by atoms with E-state index in [2.05, 4.69) is 46.4 Å². The molecule has 108 valence electrons. The molecule has 0 radical (unpaired) electrons. The Morgan fingerprint density at radius 3 is 2.55 bits per heavy atom. The van der Waals surface area contributed by atoms with Gasteiger partial charge in [-0.3, -0.25) is 0 Å². The minimum absolute atomic E-state index is 0.362. The van der Waals surface area contributed by atoms with Crippen LogP contribution in [-0.4, -0.2) is 32.6 Å². The Balaban J connectivity index is 2.07. The van der Waals surface area contributed by atoms with E-state index in [1.807, 2.05) is 17.1 Å². The number of anilines is 2. The summed E-state index contributed by atoms with van der Waals surface area (Å²) < 4.78 is 2.04. The zero-order chi connectivity index (χ0) is 14.4. The van der Waals surface area contributed by atoms with Gasteiger partial charge in [-0.15, -0.1) is 0 Å². The summed E-state index contributed by atoms with van der Waals surface area (Å²) in [6, 6.07) is 0. The van der Waals surface area contributed by atoms with Crippen molar-refractivity contribution < 1.29 is 0 Å². The summed E-state index contributed by atoms with van der Waals surface area (Å²) in [5.74, 6) is 2.19. The van der Waals surface area contributed by atoms with Crippen LogP contribution >= 0.6 is 0 Å². The number of rotatable bonds is 7. The first kappa shape index (κ1) is 14.3. The molecular weight excluding hydrogens is 252 g/mol. The second kappa shape index (κ2) is 6.88. The Labute approximate surface area is 119 Å². The van der Waals surface area contributed by atoms with Crippen molar-refractivity contribution in [3.8, 4) is 0 Å². The standard InChI is InChI=1S/C14H22N6/c1-4-16-13-12(11(2)3)14(19-9-18-13)17-6-8-20-7-5-15-10-20/h5,7,9-11H,4,6,8H2,1-3H3,(H2,16,17,18,19). The molecule has 0 spiro atoms. The molecule has 0 aliphatic rings. The number of nitrogens with zero attached hydrogens (tertiary/aromatic N) is 4. The van der Waals surface area contributed by atoms with Gasteiger partial charge < -0.3 is 15.2 Å². The van der Waals surface area contributed by atoms with E-state index >= 15 is 0 Å². The molecule has 6 heteroatoms. The molecule has 2 aromatic heterocycles. The monoisotopic (exact) mass is 274 g/mol. The van der Waals surface area contributed by atoms with Crippen LogP contribution in [0.5, 0.6) is 0 Å². The van der Waals surface area contributed by atoms with Crippen LogP contribution in [0.2, 0.25) is 0 Å². The maximum absolute atomic E-state index is 4.37. The first-order chi connectivity index (χ1) is 9.72. The average Bonchev–Trinajstić information content (AvgIpc) is 2.92. The minimum atomic E-state index is 0.362. The van der Waals surface area contributed by atoms with Gasteiger partial charge in [0.25, 0.3) is 0 Å². The van der Waals surface area contributed by atoms with Crippen molar-refractivity contribution in [1.82, 2.24) is 19.5 Å². The second-order valence-corrected chi connectivity index (χ2v) is 4.90. The van der Waals surface area contributed by atoms with Gasteiger partial charge in [0.2, 0.25) is 0 Å². The lowest BCUT2D eigenvalue weighted by molar-refractivity contribution is 0.722. The molecule has 2 aromatic rings. The summed E-state index contributed by atoms with van der Waals surface area (Å²) in [6.07, 6.45) is 7.15. The maximum Gasteiger partial charge on any atom is 0.135 e. The highest BCUT2D eigenvalue weighted by Gasteiger charge is 2.14. The lowest BCUT2D eigenvalue weighted by Gasteiger charge is -2.17. The summed E-state index contributed by atoms with van der Waals surface area (Å²) in [5, 5.41) is 6.69. The molecule has 20 heavy (non-hydrogen) atoms. The van der Waals surface area contributed by atoms with Gasteiger partial charge in [-0.1, -0.05) is 13.8 Å². The molecule has 0 aliphatic carbocycles. The Bertz CT molecular complexity index is 520. The van der Waals surface area contributed by atoms with Crippen LogP contribution in [0.4, 0.5) is 11.6 Å². The van der Waals surface area contributed by atoms with Gasteiger partial charge in [0.1, 0.15) is 18.0 Å². The fourth-order valence-electron chi connectivity index (χ4n) is 2.11. The van der Waals surface area contributed by atoms with E-state index < -0.39 is 0 Å². The Hall–Kier alpha value is -2.11. The van der Waals surface area contributed by atoms with Gasteiger partial charge in [-0.2, -0.15) is 0 Å². The van der Waals surface area contributed by atoms with E-state index in [0.29, 0.717) is 5.92 Å². The number of hydrogen-bond acceptors (Lipinski definition) is 5. The van der Waals surface area contributed by atoms with Crippen molar-refractivity contribution >= 4 is 11.6 Å². The third kappa shape index (κ3) is 3.46. The molecule has 0 fully saturated rings. The SMILES string of the molecule is CCNc1ncnc(NCCn2ccnc2)c1C(C)C. The minimum Gasteiger partial charge on any atom is -0.370 e. The van der Waals surface area contributed by atoms with Gasteiger partial charge in [-0.25, -0.2) is 15.0 Å². The van der Waals surface area contributed by atoms with E-state index in [4.69, 9.17) is 0 Å². The quantitative estimate of drug-likeness (QED) is 0.811. The predicted molar refractivity (Wildman–Crippen MR) is 81.0 cm³/mol. The van der Waals surface area contributed by atoms with Crippen molar-refractivity contribution in [1.29, 1.82) is 0 Å². The molecule has 0 unspecified atom stereocenters. The zero-order valence-electron chi connectivity index (χ0n) is 12.3. The first-order valence-electron chi connectivity index (χ1n) is 7.00. The van der Waals surface area contributed by atoms with Gasteiger partial charge in [0.05, 0.1) is 6.33 Å². The van der Waals surface area contributed by atoms with E-state index in [9.17, 15) is 0 Å². The molecule has 0 saturated carbocycles. The molecule has 6 nitrogen and oxygen atoms in total. The molecule has 2 rings (SSSR count). The van der Waals surface area contributed by atoms with E-state index in [0.717, 1.165) is 36.8 Å². The molecule has 0 atom stereocenters. The number of nitrogens with one attached hydrogen (secondary N) is 2. The third-order valence-corrected chi connectivity index (χ3v) is 3.03. The number of aromatic nitrogens is 4. The third-order valence-electron chi connectivity index (χ3n) is 3.03. The van der Waals surface area contributed by atoms with Crippen LogP contribution in [0.3, 0.4) is 0 Å². The molecule has 0 saturated heterocycles. The topological polar surface area (TPSA) is 67.7 Å². The molecule has 0 aromatic carbocycles. The molecule has 0 amide bonds. The molecule has 0 aliphatic heterocycles. The number of imidazole rings is 1. The normalized spacial score (nSPS) is 10.8. The molecule has 0 bridgehead atoms. The zero-order valence-corrected chi connectivity index (χ0v) is 12.3. The van der Waals surface area contributed by atoms with Gasteiger partial charge in [0.15, 0.2) is 0 Å². The van der Waals surface area contributed by atoms with Crippen LogP contribution in [0.25, 0.3) is 0 Å². The van der Waals surface area contributed by atoms with E-state index in [1.165, 1.54) is 0 Å². The summed E-state index contributed by atoms with van der Waals surface area (Å²) in [7, 11) is 0. The summed E-state index contributed by atoms with van der Waals surface area (Å²) in [6.45, 7) is 8.89. The fraction of sp³-hybridized carbons (Fsp3) is 0.500. The summed E-state index contributed by atoms with van der Waals surface area (Å²) >= 11 is 0. The van der Waals surface area contributed by atoms with Crippen LogP contribution < -0.4 is 10.6 Å². The fourth-order valence-corrected chi connectivity index (χ4v) is 2.11. The second-order valence-electron chi connectivity index (χ2n) is 4.90. The van der Waals surface area contributed by atoms with Gasteiger partial charge in [0, 0.05) is 37.6 Å². The smallest absolute Gasteiger partial charge is 0.135 e. The van der Waals surface area contributed by atoms with Crippen molar-refractivity contribution in [2.24, 2.45) is 0 Å². The number of hydrogen-bond donors (Lipinski definition) is 2. The maximum atomic E-state index is 4.37. The van der Waals surface area contributed by atoms with Crippen molar-refractivity contribution in [3.05, 3.63) is 30.6 Å². The van der Waals surface area contributed by atoms with Crippen molar-refractivity contribution in [2.75, 3.05) is 23.7 Å². The van der Waals surface area contributed by atoms with Crippen molar-refractivity contribution in [2.45, 2.75) is 33.2 Å². The van der Waals surface area contributed by atoms with E-state index in [1.54, 1.807) is 12.5 Å². The summed E-state index contributed by atoms with van der Waals surface area (Å²) in [4.78, 5) is 12.7. The Morgan fingerprint density at radius 2 is 1.95 bits per heavy atom. The highest BCUT2D eigenvalue weighted by atomic mass is 15.1. The largest absolute Gasteiger partial charge is 0.370 e. The average molecular weight is 274 g/mol. The van der Waals surface area contributed by atoms with Gasteiger partial charge >= 0.3 is 0 Å². The van der Waals surface area contributed by atoms with E-state index in [-0.39, 0.29) is 0 Å². The molecule has 2 N–H and O–H groups in total. The molecular formula is C14H22N6. The first-order valence-corrected chi connectivity index (χ1v) is 7.00.